The van der Waals surface area contributed by atoms with Crippen molar-refractivity contribution < 1.29 is 0 Å². The van der Waals surface area contributed by atoms with E-state index in [0.29, 0.717) is 0 Å². The molecule has 0 saturated carbocycles. The molecule has 100 valence electrons. The Labute approximate surface area is 114 Å². The minimum absolute atomic E-state index is 0.0198. The van der Waals surface area contributed by atoms with E-state index in [1.54, 1.807) is 12.4 Å². The molecule has 1 atom stereocenters. The van der Waals surface area contributed by atoms with E-state index in [1.165, 1.54) is 16.7 Å². The lowest BCUT2D eigenvalue weighted by atomic mass is 9.98. The molecule has 0 spiro atoms. The maximum atomic E-state index is 5.66. The Morgan fingerprint density at radius 1 is 1.16 bits per heavy atom. The number of hydrogen-bond donors (Lipinski definition) is 2. The van der Waals surface area contributed by atoms with E-state index in [0.717, 1.165) is 17.8 Å². The summed E-state index contributed by atoms with van der Waals surface area (Å²) in [5, 5.41) is 0. The molecule has 0 aliphatic heterocycles. The molecule has 1 unspecified atom stereocenters. The molecule has 2 aromatic rings. The number of rotatable bonds is 4. The van der Waals surface area contributed by atoms with Gasteiger partial charge in [-0.3, -0.25) is 21.2 Å². The molecule has 2 rings (SSSR count). The topological polar surface area (TPSA) is 63.8 Å². The molecule has 4 nitrogen and oxygen atoms in total. The third kappa shape index (κ3) is 3.36. The fourth-order valence-electron chi connectivity index (χ4n) is 2.07. The molecular formula is C15H20N4. The van der Waals surface area contributed by atoms with Crippen LogP contribution in [0.5, 0.6) is 0 Å². The molecule has 0 amide bonds. The molecule has 4 heteroatoms. The van der Waals surface area contributed by atoms with Crippen LogP contribution in [-0.4, -0.2) is 9.97 Å². The molecule has 1 aromatic carbocycles. The SMILES string of the molecule is Cc1ccc(C)c(CC(NN)c2cnc(C)cn2)c1. The Morgan fingerprint density at radius 2 is 1.95 bits per heavy atom. The van der Waals surface area contributed by atoms with Gasteiger partial charge in [-0.1, -0.05) is 23.8 Å². The van der Waals surface area contributed by atoms with Crippen molar-refractivity contribution in [1.29, 1.82) is 0 Å². The van der Waals surface area contributed by atoms with Crippen LogP contribution in [0.2, 0.25) is 0 Å². The molecule has 0 radical (unpaired) electrons. The van der Waals surface area contributed by atoms with Crippen molar-refractivity contribution in [2.24, 2.45) is 5.84 Å². The first-order valence-electron chi connectivity index (χ1n) is 6.41. The number of nitrogens with two attached hydrogens (primary N) is 1. The highest BCUT2D eigenvalue weighted by Crippen LogP contribution is 2.19. The van der Waals surface area contributed by atoms with Crippen molar-refractivity contribution in [3.8, 4) is 0 Å². The van der Waals surface area contributed by atoms with E-state index in [4.69, 9.17) is 5.84 Å². The second kappa shape index (κ2) is 5.91. The second-order valence-electron chi connectivity index (χ2n) is 4.94. The highest BCUT2D eigenvalue weighted by Gasteiger charge is 2.13. The highest BCUT2D eigenvalue weighted by molar-refractivity contribution is 5.31. The van der Waals surface area contributed by atoms with E-state index in [1.807, 2.05) is 6.92 Å². The van der Waals surface area contributed by atoms with Gasteiger partial charge in [0, 0.05) is 6.20 Å². The molecule has 1 heterocycles. The number of aromatic nitrogens is 2. The van der Waals surface area contributed by atoms with Gasteiger partial charge in [0.25, 0.3) is 0 Å². The Morgan fingerprint density at radius 3 is 2.58 bits per heavy atom. The summed E-state index contributed by atoms with van der Waals surface area (Å²) in [7, 11) is 0. The van der Waals surface area contributed by atoms with Gasteiger partial charge in [0.2, 0.25) is 0 Å². The Hall–Kier alpha value is -1.78. The predicted molar refractivity (Wildman–Crippen MR) is 76.5 cm³/mol. The van der Waals surface area contributed by atoms with Crippen molar-refractivity contribution >= 4 is 0 Å². The van der Waals surface area contributed by atoms with E-state index >= 15 is 0 Å². The summed E-state index contributed by atoms with van der Waals surface area (Å²) in [6.45, 7) is 6.13. The van der Waals surface area contributed by atoms with E-state index in [2.05, 4.69) is 47.4 Å². The molecule has 19 heavy (non-hydrogen) atoms. The molecule has 0 saturated heterocycles. The van der Waals surface area contributed by atoms with Crippen LogP contribution >= 0.6 is 0 Å². The van der Waals surface area contributed by atoms with Crippen LogP contribution in [0.3, 0.4) is 0 Å². The average molecular weight is 256 g/mol. The third-order valence-corrected chi connectivity index (χ3v) is 3.29. The first kappa shape index (κ1) is 13.6. The summed E-state index contributed by atoms with van der Waals surface area (Å²) in [4.78, 5) is 8.66. The highest BCUT2D eigenvalue weighted by atomic mass is 15.2. The van der Waals surface area contributed by atoms with Gasteiger partial charge in [0.1, 0.15) is 0 Å². The fourth-order valence-corrected chi connectivity index (χ4v) is 2.07. The quantitative estimate of drug-likeness (QED) is 0.650. The summed E-state index contributed by atoms with van der Waals surface area (Å²) >= 11 is 0. The molecule has 0 bridgehead atoms. The average Bonchev–Trinajstić information content (AvgIpc) is 2.41. The van der Waals surface area contributed by atoms with Gasteiger partial charge in [0.05, 0.1) is 23.6 Å². The van der Waals surface area contributed by atoms with Gasteiger partial charge in [-0.2, -0.15) is 0 Å². The summed E-state index contributed by atoms with van der Waals surface area (Å²) < 4.78 is 0. The normalized spacial score (nSPS) is 12.4. The minimum atomic E-state index is -0.0198. The van der Waals surface area contributed by atoms with Gasteiger partial charge in [0.15, 0.2) is 0 Å². The van der Waals surface area contributed by atoms with Crippen LogP contribution in [0.25, 0.3) is 0 Å². The third-order valence-electron chi connectivity index (χ3n) is 3.29. The molecule has 0 fully saturated rings. The van der Waals surface area contributed by atoms with Crippen LogP contribution < -0.4 is 11.3 Å². The monoisotopic (exact) mass is 256 g/mol. The van der Waals surface area contributed by atoms with E-state index in [-0.39, 0.29) is 6.04 Å². The maximum Gasteiger partial charge on any atom is 0.0773 e. The smallest absolute Gasteiger partial charge is 0.0773 e. The van der Waals surface area contributed by atoms with Crippen molar-refractivity contribution in [1.82, 2.24) is 15.4 Å². The van der Waals surface area contributed by atoms with Crippen molar-refractivity contribution in [3.63, 3.8) is 0 Å². The van der Waals surface area contributed by atoms with Crippen LogP contribution in [0.4, 0.5) is 0 Å². The Kier molecular flexibility index (Phi) is 4.24. The van der Waals surface area contributed by atoms with Gasteiger partial charge >= 0.3 is 0 Å². The largest absolute Gasteiger partial charge is 0.271 e. The van der Waals surface area contributed by atoms with Crippen molar-refractivity contribution in [2.75, 3.05) is 0 Å². The standard InChI is InChI=1S/C15H20N4/c1-10-4-5-11(2)13(6-10)7-14(19-16)15-9-17-12(3)8-18-15/h4-6,8-9,14,19H,7,16H2,1-3H3. The van der Waals surface area contributed by atoms with Gasteiger partial charge in [-0.15, -0.1) is 0 Å². The van der Waals surface area contributed by atoms with Gasteiger partial charge in [-0.05, 0) is 38.3 Å². The number of aryl methyl sites for hydroxylation is 3. The Balaban J connectivity index is 2.23. The van der Waals surface area contributed by atoms with E-state index < -0.39 is 0 Å². The predicted octanol–water partition coefficient (Wildman–Crippen LogP) is 2.15. The molecule has 1 aromatic heterocycles. The number of hydrogen-bond acceptors (Lipinski definition) is 4. The summed E-state index contributed by atoms with van der Waals surface area (Å²) in [6, 6.07) is 6.43. The zero-order valence-electron chi connectivity index (χ0n) is 11.6. The lowest BCUT2D eigenvalue weighted by Gasteiger charge is -2.17. The minimum Gasteiger partial charge on any atom is -0.271 e. The zero-order valence-corrected chi connectivity index (χ0v) is 11.6. The molecule has 0 aliphatic carbocycles. The molecular weight excluding hydrogens is 236 g/mol. The van der Waals surface area contributed by atoms with Crippen LogP contribution in [-0.2, 0) is 6.42 Å². The van der Waals surface area contributed by atoms with Crippen LogP contribution in [0.15, 0.2) is 30.6 Å². The first-order chi connectivity index (χ1) is 9.10. The van der Waals surface area contributed by atoms with Gasteiger partial charge in [-0.25, -0.2) is 0 Å². The lowest BCUT2D eigenvalue weighted by Crippen LogP contribution is -2.30. The number of hydrazine groups is 1. The zero-order chi connectivity index (χ0) is 13.8. The number of benzene rings is 1. The maximum absolute atomic E-state index is 5.66. The van der Waals surface area contributed by atoms with Crippen molar-refractivity contribution in [3.05, 3.63) is 58.7 Å². The lowest BCUT2D eigenvalue weighted by molar-refractivity contribution is 0.534. The second-order valence-corrected chi connectivity index (χ2v) is 4.94. The number of nitrogens with one attached hydrogen (secondary N) is 1. The molecule has 3 N–H and O–H groups in total. The first-order valence-corrected chi connectivity index (χ1v) is 6.41. The van der Waals surface area contributed by atoms with Gasteiger partial charge < -0.3 is 0 Å². The van der Waals surface area contributed by atoms with E-state index in [9.17, 15) is 0 Å². The summed E-state index contributed by atoms with van der Waals surface area (Å²) in [6.07, 6.45) is 4.36. The van der Waals surface area contributed by atoms with Crippen LogP contribution in [0, 0.1) is 20.8 Å². The van der Waals surface area contributed by atoms with Crippen molar-refractivity contribution in [2.45, 2.75) is 33.2 Å². The molecule has 0 aliphatic rings. The summed E-state index contributed by atoms with van der Waals surface area (Å²) in [5.41, 5.74) is 8.42. The number of nitrogens with zero attached hydrogens (tertiary/aromatic N) is 2. The van der Waals surface area contributed by atoms with Crippen LogP contribution in [0.1, 0.15) is 34.1 Å². The Bertz CT molecular complexity index is 549. The fraction of sp³-hybridized carbons (Fsp3) is 0.333. The summed E-state index contributed by atoms with van der Waals surface area (Å²) in [5.74, 6) is 5.66.